The molecular weight excluding hydrogens is 344 g/mol. The summed E-state index contributed by atoms with van der Waals surface area (Å²) in [4.78, 5) is 16.7. The van der Waals surface area contributed by atoms with Gasteiger partial charge >= 0.3 is 0 Å². The van der Waals surface area contributed by atoms with Crippen molar-refractivity contribution in [2.24, 2.45) is 0 Å². The highest BCUT2D eigenvalue weighted by molar-refractivity contribution is 7.14. The monoisotopic (exact) mass is 368 g/mol. The van der Waals surface area contributed by atoms with Crippen LogP contribution < -0.4 is 10.6 Å². The number of nitrogens with zero attached hydrogens (tertiary/aromatic N) is 4. The number of hydrogen-bond donors (Lipinski definition) is 2. The van der Waals surface area contributed by atoms with E-state index in [4.69, 9.17) is 0 Å². The fourth-order valence-electron chi connectivity index (χ4n) is 2.62. The summed E-state index contributed by atoms with van der Waals surface area (Å²) in [6, 6.07) is 8.20. The van der Waals surface area contributed by atoms with Crippen LogP contribution >= 0.6 is 11.3 Å². The molecule has 2 N–H and O–H groups in total. The van der Waals surface area contributed by atoms with E-state index in [1.165, 1.54) is 16.0 Å². The van der Waals surface area contributed by atoms with Gasteiger partial charge in [0, 0.05) is 36.2 Å². The number of benzene rings is 1. The Morgan fingerprint density at radius 1 is 1.08 bits per heavy atom. The minimum absolute atomic E-state index is 0.579. The second kappa shape index (κ2) is 8.35. The molecule has 0 aliphatic heterocycles. The first-order valence-electron chi connectivity index (χ1n) is 8.48. The van der Waals surface area contributed by atoms with Crippen LogP contribution in [0.3, 0.4) is 0 Å². The van der Waals surface area contributed by atoms with Crippen molar-refractivity contribution >= 4 is 23.0 Å². The van der Waals surface area contributed by atoms with Gasteiger partial charge in [-0.15, -0.1) is 11.3 Å². The standard InChI is InChI=1S/C19H24N6S/c1-13-7-14(2)9-15(8-13)23-19-21-6-5-17(24-19)18-22-11-16(26-18)10-20-12-25(3)4/h5-9,11,20H,10,12H2,1-4H3,(H,21,23,24). The van der Waals surface area contributed by atoms with Crippen molar-refractivity contribution in [3.05, 3.63) is 52.7 Å². The summed E-state index contributed by atoms with van der Waals surface area (Å²) in [6.45, 7) is 5.80. The molecular formula is C19H24N6S. The smallest absolute Gasteiger partial charge is 0.227 e. The maximum absolute atomic E-state index is 4.62. The maximum atomic E-state index is 4.62. The normalized spacial score (nSPS) is 11.1. The van der Waals surface area contributed by atoms with Gasteiger partial charge in [-0.05, 0) is 57.3 Å². The van der Waals surface area contributed by atoms with E-state index in [2.05, 4.69) is 62.5 Å². The molecule has 0 aliphatic rings. The van der Waals surface area contributed by atoms with Crippen molar-refractivity contribution in [3.63, 3.8) is 0 Å². The van der Waals surface area contributed by atoms with Crippen LogP contribution in [0.25, 0.3) is 10.7 Å². The van der Waals surface area contributed by atoms with Gasteiger partial charge in [-0.3, -0.25) is 10.2 Å². The SMILES string of the molecule is Cc1cc(C)cc(Nc2nccc(-c3ncc(CNCN(C)C)s3)n2)c1. The zero-order valence-corrected chi connectivity index (χ0v) is 16.4. The minimum atomic E-state index is 0.579. The first-order chi connectivity index (χ1) is 12.5. The van der Waals surface area contributed by atoms with Crippen LogP contribution in [0.1, 0.15) is 16.0 Å². The molecule has 0 bridgehead atoms. The quantitative estimate of drug-likeness (QED) is 0.622. The molecule has 2 aromatic heterocycles. The van der Waals surface area contributed by atoms with E-state index in [9.17, 15) is 0 Å². The Labute approximate surface area is 158 Å². The minimum Gasteiger partial charge on any atom is -0.324 e. The lowest BCUT2D eigenvalue weighted by molar-refractivity contribution is 0.368. The topological polar surface area (TPSA) is 66.0 Å². The Balaban J connectivity index is 1.72. The van der Waals surface area contributed by atoms with E-state index in [0.717, 1.165) is 29.6 Å². The molecule has 0 aliphatic carbocycles. The first kappa shape index (κ1) is 18.4. The molecule has 136 valence electrons. The molecule has 26 heavy (non-hydrogen) atoms. The number of thiazole rings is 1. The lowest BCUT2D eigenvalue weighted by atomic mass is 10.1. The van der Waals surface area contributed by atoms with E-state index >= 15 is 0 Å². The molecule has 1 aromatic carbocycles. The van der Waals surface area contributed by atoms with Gasteiger partial charge < -0.3 is 5.32 Å². The fourth-order valence-corrected chi connectivity index (χ4v) is 3.48. The van der Waals surface area contributed by atoms with Crippen LogP contribution in [0, 0.1) is 13.8 Å². The second-order valence-corrected chi connectivity index (χ2v) is 7.68. The molecule has 0 atom stereocenters. The zero-order chi connectivity index (χ0) is 18.5. The van der Waals surface area contributed by atoms with E-state index in [-0.39, 0.29) is 0 Å². The number of aryl methyl sites for hydroxylation is 2. The number of anilines is 2. The molecule has 3 aromatic rings. The van der Waals surface area contributed by atoms with E-state index < -0.39 is 0 Å². The highest BCUT2D eigenvalue weighted by atomic mass is 32.1. The summed E-state index contributed by atoms with van der Waals surface area (Å²) in [5, 5.41) is 7.56. The maximum Gasteiger partial charge on any atom is 0.227 e. The van der Waals surface area contributed by atoms with E-state index in [1.807, 2.05) is 26.4 Å². The molecule has 2 heterocycles. The molecule has 0 saturated carbocycles. The summed E-state index contributed by atoms with van der Waals surface area (Å²) in [5.74, 6) is 0.579. The summed E-state index contributed by atoms with van der Waals surface area (Å²) < 4.78 is 0. The molecule has 0 amide bonds. The van der Waals surface area contributed by atoms with Crippen LogP contribution in [0.4, 0.5) is 11.6 Å². The van der Waals surface area contributed by atoms with Crippen LogP contribution in [0.2, 0.25) is 0 Å². The summed E-state index contributed by atoms with van der Waals surface area (Å²) in [7, 11) is 4.08. The number of nitrogens with one attached hydrogen (secondary N) is 2. The molecule has 0 saturated heterocycles. The second-order valence-electron chi connectivity index (χ2n) is 6.56. The Morgan fingerprint density at radius 2 is 1.85 bits per heavy atom. The molecule has 6 nitrogen and oxygen atoms in total. The lowest BCUT2D eigenvalue weighted by Gasteiger charge is -2.09. The van der Waals surface area contributed by atoms with Gasteiger partial charge in [0.1, 0.15) is 10.7 Å². The van der Waals surface area contributed by atoms with Crippen molar-refractivity contribution in [2.45, 2.75) is 20.4 Å². The average Bonchev–Trinajstić information content (AvgIpc) is 3.03. The molecule has 0 unspecified atom stereocenters. The number of hydrogen-bond acceptors (Lipinski definition) is 7. The highest BCUT2D eigenvalue weighted by Gasteiger charge is 2.08. The van der Waals surface area contributed by atoms with Gasteiger partial charge in [0.2, 0.25) is 5.95 Å². The van der Waals surface area contributed by atoms with E-state index in [0.29, 0.717) is 5.95 Å². The third-order valence-corrected chi connectivity index (χ3v) is 4.65. The summed E-state index contributed by atoms with van der Waals surface area (Å²) in [6.07, 6.45) is 3.67. The van der Waals surface area contributed by atoms with Crippen molar-refractivity contribution in [2.75, 3.05) is 26.1 Å². The Kier molecular flexibility index (Phi) is 5.92. The number of rotatable bonds is 7. The van der Waals surface area contributed by atoms with Gasteiger partial charge in [-0.2, -0.15) is 0 Å². The molecule has 0 fully saturated rings. The van der Waals surface area contributed by atoms with Crippen molar-refractivity contribution in [1.82, 2.24) is 25.2 Å². The van der Waals surface area contributed by atoms with Crippen LogP contribution in [-0.2, 0) is 6.54 Å². The van der Waals surface area contributed by atoms with Gasteiger partial charge in [-0.1, -0.05) is 6.07 Å². The van der Waals surface area contributed by atoms with Gasteiger partial charge in [-0.25, -0.2) is 15.0 Å². The van der Waals surface area contributed by atoms with Crippen LogP contribution in [0.15, 0.2) is 36.7 Å². The third-order valence-electron chi connectivity index (χ3n) is 3.63. The predicted molar refractivity (Wildman–Crippen MR) is 108 cm³/mol. The molecule has 7 heteroatoms. The number of aromatic nitrogens is 3. The first-order valence-corrected chi connectivity index (χ1v) is 9.30. The summed E-state index contributed by atoms with van der Waals surface area (Å²) in [5.41, 5.74) is 4.24. The highest BCUT2D eigenvalue weighted by Crippen LogP contribution is 2.25. The molecule has 3 rings (SSSR count). The third kappa shape index (κ3) is 5.08. The van der Waals surface area contributed by atoms with Gasteiger partial charge in [0.15, 0.2) is 0 Å². The Hall–Kier alpha value is -2.35. The molecule has 0 spiro atoms. The fraction of sp³-hybridized carbons (Fsp3) is 0.316. The predicted octanol–water partition coefficient (Wildman–Crippen LogP) is 3.57. The Morgan fingerprint density at radius 3 is 2.58 bits per heavy atom. The Bertz CT molecular complexity index is 854. The van der Waals surface area contributed by atoms with Crippen LogP contribution in [-0.4, -0.2) is 40.6 Å². The van der Waals surface area contributed by atoms with Crippen molar-refractivity contribution in [3.8, 4) is 10.7 Å². The van der Waals surface area contributed by atoms with Gasteiger partial charge in [0.25, 0.3) is 0 Å². The zero-order valence-electron chi connectivity index (χ0n) is 15.6. The molecule has 0 radical (unpaired) electrons. The lowest BCUT2D eigenvalue weighted by Crippen LogP contribution is -2.27. The summed E-state index contributed by atoms with van der Waals surface area (Å²) >= 11 is 1.65. The van der Waals surface area contributed by atoms with E-state index in [1.54, 1.807) is 17.5 Å². The van der Waals surface area contributed by atoms with Crippen molar-refractivity contribution < 1.29 is 0 Å². The largest absolute Gasteiger partial charge is 0.324 e. The van der Waals surface area contributed by atoms with Crippen molar-refractivity contribution in [1.29, 1.82) is 0 Å². The van der Waals surface area contributed by atoms with Gasteiger partial charge in [0.05, 0.1) is 0 Å². The average molecular weight is 369 g/mol. The van der Waals surface area contributed by atoms with Crippen LogP contribution in [0.5, 0.6) is 0 Å².